The van der Waals surface area contributed by atoms with Crippen molar-refractivity contribution in [3.8, 4) is 17.2 Å². The third kappa shape index (κ3) is 7.42. The number of benzene rings is 4. The molecule has 4 aromatic rings. The molecule has 228 valence electrons. The van der Waals surface area contributed by atoms with Crippen LogP contribution in [0.4, 0.5) is 0 Å². The number of carbonyl (C=O) groups is 1. The minimum absolute atomic E-state index is 0.0894. The molecule has 0 radical (unpaired) electrons. The molecule has 11 heteroatoms. The van der Waals surface area contributed by atoms with Crippen LogP contribution in [0.1, 0.15) is 74.9 Å². The van der Waals surface area contributed by atoms with Gasteiger partial charge in [0.15, 0.2) is 5.78 Å². The monoisotopic (exact) mass is 626 g/mol. The van der Waals surface area contributed by atoms with Crippen molar-refractivity contribution in [3.05, 3.63) is 89.5 Å². The first-order valence-electron chi connectivity index (χ1n) is 13.7. The van der Waals surface area contributed by atoms with Gasteiger partial charge in [-0.2, -0.15) is 16.8 Å². The van der Waals surface area contributed by atoms with Gasteiger partial charge < -0.3 is 9.47 Å². The van der Waals surface area contributed by atoms with Crippen LogP contribution in [-0.4, -0.2) is 37.3 Å². The van der Waals surface area contributed by atoms with Crippen molar-refractivity contribution < 1.29 is 40.2 Å². The molecule has 2 N–H and O–H groups in total. The van der Waals surface area contributed by atoms with Crippen molar-refractivity contribution in [1.82, 2.24) is 0 Å². The van der Waals surface area contributed by atoms with Crippen LogP contribution < -0.4 is 9.47 Å². The molecule has 0 saturated heterocycles. The summed E-state index contributed by atoms with van der Waals surface area (Å²) in [6.07, 6.45) is 1.40. The largest absolute Gasteiger partial charge is 0.488 e. The summed E-state index contributed by atoms with van der Waals surface area (Å²) in [6.45, 7) is 9.64. The summed E-state index contributed by atoms with van der Waals surface area (Å²) in [5, 5.41) is 1.67. The average Bonchev–Trinajstić information content (AvgIpc) is 2.95. The van der Waals surface area contributed by atoms with Gasteiger partial charge in [-0.1, -0.05) is 45.0 Å². The fraction of sp³-hybridized carbons (Fsp3) is 0.281. The molecule has 1 atom stereocenters. The first-order chi connectivity index (χ1) is 20.0. The van der Waals surface area contributed by atoms with Crippen LogP contribution in [-0.2, 0) is 20.2 Å². The van der Waals surface area contributed by atoms with E-state index in [1.807, 2.05) is 45.9 Å². The predicted octanol–water partition coefficient (Wildman–Crippen LogP) is 7.44. The van der Waals surface area contributed by atoms with Crippen molar-refractivity contribution in [2.75, 3.05) is 0 Å². The number of ether oxygens (including phenoxy) is 2. The number of carbonyl (C=O) groups excluding carboxylic acids is 1. The second kappa shape index (κ2) is 12.1. The lowest BCUT2D eigenvalue weighted by Crippen LogP contribution is -2.26. The summed E-state index contributed by atoms with van der Waals surface area (Å²) in [5.74, 6) is -0.205. The Labute approximate surface area is 252 Å². The van der Waals surface area contributed by atoms with Gasteiger partial charge in [-0.25, -0.2) is 0 Å². The Morgan fingerprint density at radius 2 is 1.33 bits per heavy atom. The minimum atomic E-state index is -4.85. The quantitative estimate of drug-likeness (QED) is 0.128. The molecule has 0 aromatic heterocycles. The molecule has 0 heterocycles. The highest BCUT2D eigenvalue weighted by molar-refractivity contribution is 7.86. The molecule has 43 heavy (non-hydrogen) atoms. The lowest BCUT2D eigenvalue weighted by atomic mass is 9.95. The van der Waals surface area contributed by atoms with E-state index in [4.69, 9.17) is 9.47 Å². The van der Waals surface area contributed by atoms with Crippen LogP contribution in [0.5, 0.6) is 17.2 Å². The third-order valence-electron chi connectivity index (χ3n) is 7.44. The summed E-state index contributed by atoms with van der Waals surface area (Å²) in [5.41, 5.74) is -0.244. The fourth-order valence-corrected chi connectivity index (χ4v) is 5.96. The SMILES string of the molecule is CCC(C)c1ccc(C(=O)c2ccc(Oc3ccc4ccc(OC(C)(C)CC)cc4c3)c(S(=O)(=O)O)c2)cc1S(=O)(=O)O. The zero-order chi connectivity index (χ0) is 31.7. The molecule has 4 rings (SSSR count). The summed E-state index contributed by atoms with van der Waals surface area (Å²) >= 11 is 0. The van der Waals surface area contributed by atoms with Crippen LogP contribution >= 0.6 is 0 Å². The fourth-order valence-electron chi connectivity index (χ4n) is 4.48. The van der Waals surface area contributed by atoms with Crippen molar-refractivity contribution in [2.45, 2.75) is 68.8 Å². The average molecular weight is 627 g/mol. The van der Waals surface area contributed by atoms with Crippen LogP contribution in [0.3, 0.4) is 0 Å². The van der Waals surface area contributed by atoms with Gasteiger partial charge in [0.05, 0.1) is 4.90 Å². The molecule has 0 bridgehead atoms. The van der Waals surface area contributed by atoms with Gasteiger partial charge in [0.25, 0.3) is 20.2 Å². The zero-order valence-electron chi connectivity index (χ0n) is 24.5. The molecule has 0 aliphatic rings. The molecule has 4 aromatic carbocycles. The Bertz CT molecular complexity index is 1910. The molecule has 0 saturated carbocycles. The Kier molecular flexibility index (Phi) is 9.03. The van der Waals surface area contributed by atoms with E-state index < -0.39 is 35.8 Å². The van der Waals surface area contributed by atoms with Crippen molar-refractivity contribution >= 4 is 36.8 Å². The van der Waals surface area contributed by atoms with Crippen LogP contribution in [0, 0.1) is 0 Å². The number of hydrogen-bond acceptors (Lipinski definition) is 7. The smallest absolute Gasteiger partial charge is 0.298 e. The van der Waals surface area contributed by atoms with Crippen molar-refractivity contribution in [1.29, 1.82) is 0 Å². The summed E-state index contributed by atoms with van der Waals surface area (Å²) in [6, 6.07) is 18.2. The van der Waals surface area contributed by atoms with E-state index in [9.17, 15) is 30.7 Å². The molecule has 1 unspecified atom stereocenters. The normalized spacial score (nSPS) is 13.1. The molecule has 9 nitrogen and oxygen atoms in total. The maximum Gasteiger partial charge on any atom is 0.298 e. The van der Waals surface area contributed by atoms with E-state index in [0.29, 0.717) is 17.7 Å². The van der Waals surface area contributed by atoms with Crippen LogP contribution in [0.2, 0.25) is 0 Å². The van der Waals surface area contributed by atoms with Crippen LogP contribution in [0.25, 0.3) is 10.8 Å². The lowest BCUT2D eigenvalue weighted by Gasteiger charge is -2.25. The molecule has 0 aliphatic heterocycles. The molecular weight excluding hydrogens is 592 g/mol. The molecule has 0 spiro atoms. The zero-order valence-corrected chi connectivity index (χ0v) is 26.1. The summed E-state index contributed by atoms with van der Waals surface area (Å²) in [4.78, 5) is 12.3. The maximum atomic E-state index is 13.3. The third-order valence-corrected chi connectivity index (χ3v) is 9.22. The first-order valence-corrected chi connectivity index (χ1v) is 16.6. The van der Waals surface area contributed by atoms with Gasteiger partial charge in [0.1, 0.15) is 27.7 Å². The molecule has 0 fully saturated rings. The van der Waals surface area contributed by atoms with Gasteiger partial charge in [0, 0.05) is 11.1 Å². The number of fused-ring (bicyclic) bond motifs is 1. The highest BCUT2D eigenvalue weighted by Gasteiger charge is 2.24. The maximum absolute atomic E-state index is 13.3. The Balaban J connectivity index is 1.70. The van der Waals surface area contributed by atoms with Crippen LogP contribution in [0.15, 0.2) is 82.6 Å². The van der Waals surface area contributed by atoms with E-state index in [-0.39, 0.29) is 34.1 Å². The molecular formula is C32H34O9S2. The second-order valence-corrected chi connectivity index (χ2v) is 13.8. The lowest BCUT2D eigenvalue weighted by molar-refractivity contribution is 0.103. The first kappa shape index (κ1) is 32.2. The van der Waals surface area contributed by atoms with Crippen molar-refractivity contribution in [2.24, 2.45) is 0 Å². The summed E-state index contributed by atoms with van der Waals surface area (Å²) < 4.78 is 80.5. The van der Waals surface area contributed by atoms with Gasteiger partial charge >= 0.3 is 0 Å². The number of rotatable bonds is 11. The Morgan fingerprint density at radius 1 is 0.767 bits per heavy atom. The van der Waals surface area contributed by atoms with Gasteiger partial charge in [0.2, 0.25) is 0 Å². The van der Waals surface area contributed by atoms with E-state index >= 15 is 0 Å². The second-order valence-electron chi connectivity index (χ2n) is 11.0. The summed E-state index contributed by atoms with van der Waals surface area (Å²) in [7, 11) is -9.49. The van der Waals surface area contributed by atoms with E-state index in [1.165, 1.54) is 24.3 Å². The molecule has 0 amide bonds. The van der Waals surface area contributed by atoms with Gasteiger partial charge in [-0.15, -0.1) is 0 Å². The van der Waals surface area contributed by atoms with E-state index in [0.717, 1.165) is 29.3 Å². The van der Waals surface area contributed by atoms with E-state index in [1.54, 1.807) is 25.1 Å². The highest BCUT2D eigenvalue weighted by atomic mass is 32.2. The van der Waals surface area contributed by atoms with Crippen molar-refractivity contribution in [3.63, 3.8) is 0 Å². The van der Waals surface area contributed by atoms with Gasteiger partial charge in [-0.05, 0) is 97.5 Å². The van der Waals surface area contributed by atoms with Gasteiger partial charge in [-0.3, -0.25) is 13.9 Å². The van der Waals surface area contributed by atoms with E-state index in [2.05, 4.69) is 0 Å². The predicted molar refractivity (Wildman–Crippen MR) is 164 cm³/mol. The number of ketones is 1. The Hall–Kier alpha value is -3.77. The number of hydrogen-bond donors (Lipinski definition) is 2. The highest BCUT2D eigenvalue weighted by Crippen LogP contribution is 2.34. The molecule has 0 aliphatic carbocycles. The topological polar surface area (TPSA) is 144 Å². The standard InChI is InChI=1S/C32H34O9S2/c1-6-20(3)27-14-10-22(18-29(27)42(34,35)36)31(33)23-11-15-28(30(19-23)43(37,38)39)40-25-12-8-21-9-13-26(17-24(21)16-25)41-32(4,5)7-2/h8-20H,6-7H2,1-5H3,(H,34,35,36)(H,37,38,39). The Morgan fingerprint density at radius 3 is 1.91 bits per heavy atom. The minimum Gasteiger partial charge on any atom is -0.488 e.